The molecule has 1 heterocycles. The molecule has 14 heavy (non-hydrogen) atoms. The molecular formula is C9H10N2O2S. The number of thiophene rings is 1. The Morgan fingerprint density at radius 2 is 2.36 bits per heavy atom. The molecule has 74 valence electrons. The topological polar surface area (TPSA) is 76.1 Å². The van der Waals surface area contributed by atoms with Crippen LogP contribution in [0.25, 0.3) is 0 Å². The Morgan fingerprint density at radius 3 is 2.86 bits per heavy atom. The van der Waals surface area contributed by atoms with Gasteiger partial charge in [-0.1, -0.05) is 0 Å². The molecule has 0 bridgehead atoms. The van der Waals surface area contributed by atoms with Crippen molar-refractivity contribution in [3.8, 4) is 6.07 Å². The van der Waals surface area contributed by atoms with Gasteiger partial charge in [0.1, 0.15) is 16.6 Å². The van der Waals surface area contributed by atoms with E-state index in [0.29, 0.717) is 10.6 Å². The molecule has 0 amide bonds. The summed E-state index contributed by atoms with van der Waals surface area (Å²) < 4.78 is 4.80. The summed E-state index contributed by atoms with van der Waals surface area (Å²) >= 11 is 1.23. The summed E-state index contributed by atoms with van der Waals surface area (Å²) in [5.74, 6) is -0.522. The fraction of sp³-hybridized carbons (Fsp3) is 0.333. The summed E-state index contributed by atoms with van der Waals surface area (Å²) in [7, 11) is 0. The van der Waals surface area contributed by atoms with Gasteiger partial charge >= 0.3 is 5.97 Å². The van der Waals surface area contributed by atoms with Crippen LogP contribution in [0.3, 0.4) is 0 Å². The Morgan fingerprint density at radius 1 is 1.71 bits per heavy atom. The predicted molar refractivity (Wildman–Crippen MR) is 54.1 cm³/mol. The molecule has 1 aromatic heterocycles. The molecule has 1 aromatic rings. The van der Waals surface area contributed by atoms with Crippen LogP contribution in [0.1, 0.15) is 27.7 Å². The van der Waals surface area contributed by atoms with Crippen LogP contribution in [0.2, 0.25) is 0 Å². The Hall–Kier alpha value is -1.54. The number of rotatable bonds is 2. The summed E-state index contributed by atoms with van der Waals surface area (Å²) in [5, 5.41) is 9.17. The van der Waals surface area contributed by atoms with Crippen molar-refractivity contribution >= 4 is 22.3 Å². The van der Waals surface area contributed by atoms with Crippen LogP contribution in [0.5, 0.6) is 0 Å². The van der Waals surface area contributed by atoms with Gasteiger partial charge in [-0.25, -0.2) is 4.79 Å². The van der Waals surface area contributed by atoms with Gasteiger partial charge in [-0.05, 0) is 13.8 Å². The smallest absolute Gasteiger partial charge is 0.342 e. The Bertz CT molecular complexity index is 404. The van der Waals surface area contributed by atoms with E-state index in [4.69, 9.17) is 15.7 Å². The second-order valence-corrected chi connectivity index (χ2v) is 3.86. The second-order valence-electron chi connectivity index (χ2n) is 2.60. The average molecular weight is 210 g/mol. The standard InChI is InChI=1S/C9H10N2O2S/c1-3-13-9(12)7-6(4-10)5(2)14-8(7)11/h3,11H2,1-2H3. The molecule has 1 rings (SSSR count). The minimum Gasteiger partial charge on any atom is -0.462 e. The monoisotopic (exact) mass is 210 g/mol. The van der Waals surface area contributed by atoms with Crippen LogP contribution in [-0.2, 0) is 4.74 Å². The summed E-state index contributed by atoms with van der Waals surface area (Å²) in [6.45, 7) is 3.74. The quantitative estimate of drug-likeness (QED) is 0.753. The number of carbonyl (C=O) groups excluding carboxylic acids is 1. The summed E-state index contributed by atoms with van der Waals surface area (Å²) in [4.78, 5) is 12.2. The van der Waals surface area contributed by atoms with Gasteiger partial charge < -0.3 is 10.5 Å². The zero-order valence-electron chi connectivity index (χ0n) is 7.96. The number of esters is 1. The van der Waals surface area contributed by atoms with Gasteiger partial charge in [-0.15, -0.1) is 11.3 Å². The van der Waals surface area contributed by atoms with Gasteiger partial charge in [-0.3, -0.25) is 0 Å². The Balaban J connectivity index is 3.20. The fourth-order valence-corrected chi connectivity index (χ4v) is 1.97. The number of nitriles is 1. The van der Waals surface area contributed by atoms with Crippen molar-refractivity contribution in [3.05, 3.63) is 16.0 Å². The van der Waals surface area contributed by atoms with E-state index in [9.17, 15) is 4.79 Å². The first-order valence-electron chi connectivity index (χ1n) is 4.07. The molecule has 0 fully saturated rings. The number of nitrogens with zero attached hydrogens (tertiary/aromatic N) is 1. The van der Waals surface area contributed by atoms with E-state index in [0.717, 1.165) is 4.88 Å². The summed E-state index contributed by atoms with van der Waals surface area (Å²) in [6, 6.07) is 1.95. The largest absolute Gasteiger partial charge is 0.462 e. The molecule has 0 aliphatic rings. The number of ether oxygens (including phenoxy) is 1. The lowest BCUT2D eigenvalue weighted by molar-refractivity contribution is 0.0528. The van der Waals surface area contributed by atoms with E-state index in [-0.39, 0.29) is 12.2 Å². The molecular weight excluding hydrogens is 200 g/mol. The number of aryl methyl sites for hydroxylation is 1. The average Bonchev–Trinajstić information content (AvgIpc) is 2.40. The molecule has 2 N–H and O–H groups in total. The molecule has 0 saturated heterocycles. The Kier molecular flexibility index (Phi) is 3.10. The van der Waals surface area contributed by atoms with Crippen molar-refractivity contribution in [1.82, 2.24) is 0 Å². The van der Waals surface area contributed by atoms with Crippen LogP contribution < -0.4 is 5.73 Å². The van der Waals surface area contributed by atoms with Crippen molar-refractivity contribution in [2.75, 3.05) is 12.3 Å². The van der Waals surface area contributed by atoms with Crippen molar-refractivity contribution < 1.29 is 9.53 Å². The number of nitrogens with two attached hydrogens (primary N) is 1. The van der Waals surface area contributed by atoms with Gasteiger partial charge in [0, 0.05) is 4.88 Å². The SMILES string of the molecule is CCOC(=O)c1c(N)sc(C)c1C#N. The molecule has 0 saturated carbocycles. The van der Waals surface area contributed by atoms with E-state index < -0.39 is 5.97 Å². The highest BCUT2D eigenvalue weighted by Gasteiger charge is 2.21. The highest BCUT2D eigenvalue weighted by molar-refractivity contribution is 7.16. The van der Waals surface area contributed by atoms with E-state index >= 15 is 0 Å². The lowest BCUT2D eigenvalue weighted by Crippen LogP contribution is -2.07. The van der Waals surface area contributed by atoms with Crippen molar-refractivity contribution in [3.63, 3.8) is 0 Å². The molecule has 4 nitrogen and oxygen atoms in total. The van der Waals surface area contributed by atoms with Gasteiger partial charge in [0.25, 0.3) is 0 Å². The fourth-order valence-electron chi connectivity index (χ4n) is 1.11. The minimum absolute atomic E-state index is 0.205. The van der Waals surface area contributed by atoms with E-state index in [1.54, 1.807) is 13.8 Å². The van der Waals surface area contributed by atoms with Crippen molar-refractivity contribution in [2.45, 2.75) is 13.8 Å². The summed E-state index contributed by atoms with van der Waals surface area (Å²) in [5.41, 5.74) is 6.15. The van der Waals surface area contributed by atoms with Crippen LogP contribution in [0.15, 0.2) is 0 Å². The first-order valence-corrected chi connectivity index (χ1v) is 4.89. The zero-order chi connectivity index (χ0) is 10.7. The maximum atomic E-state index is 11.4. The second kappa shape index (κ2) is 4.11. The third-order valence-corrected chi connectivity index (χ3v) is 2.64. The third-order valence-electron chi connectivity index (χ3n) is 1.70. The number of hydrogen-bond acceptors (Lipinski definition) is 5. The van der Waals surface area contributed by atoms with E-state index in [1.165, 1.54) is 11.3 Å². The van der Waals surface area contributed by atoms with Crippen LogP contribution >= 0.6 is 11.3 Å². The molecule has 0 aromatic carbocycles. The first kappa shape index (κ1) is 10.5. The predicted octanol–water partition coefficient (Wildman–Crippen LogP) is 1.69. The van der Waals surface area contributed by atoms with E-state index in [2.05, 4.69) is 0 Å². The van der Waals surface area contributed by atoms with Crippen LogP contribution in [-0.4, -0.2) is 12.6 Å². The molecule has 0 aliphatic carbocycles. The number of carbonyl (C=O) groups is 1. The third kappa shape index (κ3) is 1.70. The van der Waals surface area contributed by atoms with Gasteiger partial charge in [0.2, 0.25) is 0 Å². The van der Waals surface area contributed by atoms with Crippen LogP contribution in [0.4, 0.5) is 5.00 Å². The lowest BCUT2D eigenvalue weighted by Gasteiger charge is -2.00. The maximum absolute atomic E-state index is 11.4. The highest BCUT2D eigenvalue weighted by atomic mass is 32.1. The number of hydrogen-bond donors (Lipinski definition) is 1. The molecule has 5 heteroatoms. The highest BCUT2D eigenvalue weighted by Crippen LogP contribution is 2.30. The number of nitrogen functional groups attached to an aromatic ring is 1. The van der Waals surface area contributed by atoms with Gasteiger partial charge in [0.05, 0.1) is 12.2 Å². The lowest BCUT2D eigenvalue weighted by atomic mass is 10.1. The normalized spacial score (nSPS) is 9.50. The van der Waals surface area contributed by atoms with Crippen molar-refractivity contribution in [1.29, 1.82) is 5.26 Å². The van der Waals surface area contributed by atoms with Gasteiger partial charge in [0.15, 0.2) is 0 Å². The maximum Gasteiger partial charge on any atom is 0.342 e. The number of anilines is 1. The zero-order valence-corrected chi connectivity index (χ0v) is 8.77. The molecule has 0 atom stereocenters. The van der Waals surface area contributed by atoms with Crippen LogP contribution in [0, 0.1) is 18.3 Å². The van der Waals surface area contributed by atoms with Gasteiger partial charge in [-0.2, -0.15) is 5.26 Å². The molecule has 0 aliphatic heterocycles. The molecule has 0 unspecified atom stereocenters. The molecule has 0 spiro atoms. The van der Waals surface area contributed by atoms with Crippen molar-refractivity contribution in [2.24, 2.45) is 0 Å². The molecule has 0 radical (unpaired) electrons. The summed E-state index contributed by atoms with van der Waals surface area (Å²) in [6.07, 6.45) is 0. The van der Waals surface area contributed by atoms with E-state index in [1.807, 2.05) is 6.07 Å². The Labute approximate surface area is 85.9 Å². The first-order chi connectivity index (χ1) is 6.61. The minimum atomic E-state index is -0.522.